The summed E-state index contributed by atoms with van der Waals surface area (Å²) >= 11 is 1.99. The average Bonchev–Trinajstić information content (AvgIpc) is 2.47. The van der Waals surface area contributed by atoms with Gasteiger partial charge in [0.25, 0.3) is 0 Å². The van der Waals surface area contributed by atoms with Crippen LogP contribution in [-0.2, 0) is 4.79 Å². The number of carbonyl (C=O) groups is 1. The summed E-state index contributed by atoms with van der Waals surface area (Å²) in [6, 6.07) is 9.07. The van der Waals surface area contributed by atoms with Crippen molar-refractivity contribution in [3.8, 4) is 6.07 Å². The highest BCUT2D eigenvalue weighted by Gasteiger charge is 2.20. The summed E-state index contributed by atoms with van der Waals surface area (Å²) in [6.07, 6.45) is 1.15. The first kappa shape index (κ1) is 14.9. The van der Waals surface area contributed by atoms with Crippen LogP contribution in [0.25, 0.3) is 0 Å². The van der Waals surface area contributed by atoms with Gasteiger partial charge in [0.2, 0.25) is 5.91 Å². The van der Waals surface area contributed by atoms with E-state index in [1.54, 1.807) is 24.3 Å². The Morgan fingerprint density at radius 1 is 1.60 bits per heavy atom. The zero-order valence-corrected chi connectivity index (χ0v) is 12.4. The Kier molecular flexibility index (Phi) is 5.45. The van der Waals surface area contributed by atoms with Crippen molar-refractivity contribution in [1.82, 2.24) is 4.90 Å². The first-order valence-electron chi connectivity index (χ1n) is 6.85. The number of hydrogen-bond donors (Lipinski definition) is 1. The third kappa shape index (κ3) is 4.26. The van der Waals surface area contributed by atoms with Gasteiger partial charge in [0, 0.05) is 29.8 Å². The van der Waals surface area contributed by atoms with Gasteiger partial charge in [-0.05, 0) is 24.6 Å². The molecule has 1 unspecified atom stereocenters. The molecular formula is C15H19N3OS. The molecule has 0 aromatic heterocycles. The maximum atomic E-state index is 12.0. The van der Waals surface area contributed by atoms with Crippen molar-refractivity contribution in [2.75, 3.05) is 30.7 Å². The Balaban J connectivity index is 1.87. The molecule has 106 valence electrons. The lowest BCUT2D eigenvalue weighted by atomic mass is 10.2. The van der Waals surface area contributed by atoms with E-state index in [4.69, 9.17) is 5.26 Å². The first-order chi connectivity index (χ1) is 9.71. The van der Waals surface area contributed by atoms with Gasteiger partial charge in [0.05, 0.1) is 18.2 Å². The second kappa shape index (κ2) is 7.32. The maximum Gasteiger partial charge on any atom is 0.238 e. The zero-order chi connectivity index (χ0) is 14.4. The minimum absolute atomic E-state index is 0.0122. The molecule has 0 bridgehead atoms. The smallest absolute Gasteiger partial charge is 0.238 e. The number of amides is 1. The van der Waals surface area contributed by atoms with Crippen molar-refractivity contribution in [3.63, 3.8) is 0 Å². The van der Waals surface area contributed by atoms with Crippen LogP contribution in [0, 0.1) is 11.3 Å². The van der Waals surface area contributed by atoms with Crippen LogP contribution in [-0.4, -0.2) is 41.4 Å². The largest absolute Gasteiger partial charge is 0.325 e. The highest BCUT2D eigenvalue weighted by atomic mass is 32.2. The first-order valence-corrected chi connectivity index (χ1v) is 7.90. The molecule has 0 spiro atoms. The van der Waals surface area contributed by atoms with E-state index >= 15 is 0 Å². The molecule has 1 aromatic rings. The third-order valence-corrected chi connectivity index (χ3v) is 4.69. The second-order valence-electron chi connectivity index (χ2n) is 4.88. The lowest BCUT2D eigenvalue weighted by molar-refractivity contribution is -0.117. The summed E-state index contributed by atoms with van der Waals surface area (Å²) in [6.45, 7) is 4.56. The van der Waals surface area contributed by atoms with E-state index in [0.29, 0.717) is 23.0 Å². The van der Waals surface area contributed by atoms with Crippen molar-refractivity contribution < 1.29 is 4.79 Å². The summed E-state index contributed by atoms with van der Waals surface area (Å²) in [4.78, 5) is 14.2. The predicted octanol–water partition coefficient (Wildman–Crippen LogP) is 2.32. The van der Waals surface area contributed by atoms with Crippen molar-refractivity contribution >= 4 is 23.4 Å². The fourth-order valence-corrected chi connectivity index (χ4v) is 3.49. The van der Waals surface area contributed by atoms with Gasteiger partial charge in [-0.2, -0.15) is 17.0 Å². The summed E-state index contributed by atoms with van der Waals surface area (Å²) in [5, 5.41) is 12.3. The Labute approximate surface area is 124 Å². The Morgan fingerprint density at radius 2 is 2.45 bits per heavy atom. The van der Waals surface area contributed by atoms with E-state index in [1.165, 1.54) is 0 Å². The lowest BCUT2D eigenvalue weighted by Gasteiger charge is -2.31. The number of nitrogens with one attached hydrogen (secondary N) is 1. The van der Waals surface area contributed by atoms with Gasteiger partial charge < -0.3 is 5.32 Å². The number of nitrogens with zero attached hydrogens (tertiary/aromatic N) is 2. The molecule has 1 aromatic carbocycles. The summed E-state index contributed by atoms with van der Waals surface area (Å²) in [5.41, 5.74) is 1.25. The molecular weight excluding hydrogens is 270 g/mol. The molecule has 0 aliphatic carbocycles. The van der Waals surface area contributed by atoms with Gasteiger partial charge in [-0.3, -0.25) is 9.69 Å². The minimum Gasteiger partial charge on any atom is -0.325 e. The fraction of sp³-hybridized carbons (Fsp3) is 0.467. The molecule has 4 nitrogen and oxygen atoms in total. The highest BCUT2D eigenvalue weighted by Crippen LogP contribution is 2.20. The number of rotatable bonds is 4. The number of benzene rings is 1. The molecule has 1 saturated heterocycles. The number of nitriles is 1. The number of thioether (sulfide) groups is 1. The predicted molar refractivity (Wildman–Crippen MR) is 82.8 cm³/mol. The molecule has 1 heterocycles. The molecule has 20 heavy (non-hydrogen) atoms. The van der Waals surface area contributed by atoms with Gasteiger partial charge >= 0.3 is 0 Å². The van der Waals surface area contributed by atoms with E-state index in [0.717, 1.165) is 25.3 Å². The topological polar surface area (TPSA) is 56.1 Å². The van der Waals surface area contributed by atoms with Crippen LogP contribution in [0.4, 0.5) is 5.69 Å². The molecule has 2 rings (SSSR count). The number of carbonyl (C=O) groups excluding carboxylic acids is 1. The summed E-state index contributed by atoms with van der Waals surface area (Å²) in [7, 11) is 0. The monoisotopic (exact) mass is 289 g/mol. The van der Waals surface area contributed by atoms with Crippen molar-refractivity contribution in [2.24, 2.45) is 0 Å². The van der Waals surface area contributed by atoms with Gasteiger partial charge in [0.15, 0.2) is 0 Å². The highest BCUT2D eigenvalue weighted by molar-refractivity contribution is 8.00. The van der Waals surface area contributed by atoms with Crippen LogP contribution < -0.4 is 5.32 Å². The standard InChI is InChI=1S/C15H19N3OS/c1-2-14-10-18(6-7-20-14)11-15(19)17-13-5-3-4-12(8-13)9-16/h3-5,8,14H,2,6-7,10-11H2,1H3,(H,17,19). The SMILES string of the molecule is CCC1CN(CC(=O)Nc2cccc(C#N)c2)CCS1. The Hall–Kier alpha value is -1.51. The molecule has 5 heteroatoms. The van der Waals surface area contributed by atoms with E-state index in [-0.39, 0.29) is 5.91 Å². The summed E-state index contributed by atoms with van der Waals surface area (Å²) in [5.74, 6) is 1.08. The van der Waals surface area contributed by atoms with E-state index in [2.05, 4.69) is 23.2 Å². The van der Waals surface area contributed by atoms with Crippen molar-refractivity contribution in [1.29, 1.82) is 5.26 Å². The lowest BCUT2D eigenvalue weighted by Crippen LogP contribution is -2.42. The third-order valence-electron chi connectivity index (χ3n) is 3.32. The molecule has 1 atom stereocenters. The normalized spacial score (nSPS) is 19.3. The van der Waals surface area contributed by atoms with Crippen LogP contribution in [0.5, 0.6) is 0 Å². The van der Waals surface area contributed by atoms with Gasteiger partial charge in [-0.15, -0.1) is 0 Å². The van der Waals surface area contributed by atoms with Gasteiger partial charge in [-0.25, -0.2) is 0 Å². The quantitative estimate of drug-likeness (QED) is 0.924. The number of anilines is 1. The van der Waals surface area contributed by atoms with Crippen LogP contribution >= 0.6 is 11.8 Å². The Bertz CT molecular complexity index is 512. The van der Waals surface area contributed by atoms with Gasteiger partial charge in [0.1, 0.15) is 0 Å². The molecule has 1 fully saturated rings. The molecule has 0 saturated carbocycles. The molecule has 1 N–H and O–H groups in total. The van der Waals surface area contributed by atoms with Gasteiger partial charge in [-0.1, -0.05) is 13.0 Å². The van der Waals surface area contributed by atoms with E-state index in [1.807, 2.05) is 11.8 Å². The maximum absolute atomic E-state index is 12.0. The Morgan fingerprint density at radius 3 is 3.20 bits per heavy atom. The average molecular weight is 289 g/mol. The van der Waals surface area contributed by atoms with E-state index in [9.17, 15) is 4.79 Å². The zero-order valence-electron chi connectivity index (χ0n) is 11.6. The molecule has 1 aliphatic heterocycles. The fourth-order valence-electron chi connectivity index (χ4n) is 2.24. The van der Waals surface area contributed by atoms with Crippen LogP contribution in [0.15, 0.2) is 24.3 Å². The van der Waals surface area contributed by atoms with Crippen LogP contribution in [0.1, 0.15) is 18.9 Å². The van der Waals surface area contributed by atoms with E-state index < -0.39 is 0 Å². The molecule has 1 aliphatic rings. The molecule has 0 radical (unpaired) electrons. The van der Waals surface area contributed by atoms with Crippen molar-refractivity contribution in [3.05, 3.63) is 29.8 Å². The second-order valence-corrected chi connectivity index (χ2v) is 6.29. The van der Waals surface area contributed by atoms with Crippen LogP contribution in [0.2, 0.25) is 0 Å². The van der Waals surface area contributed by atoms with Crippen LogP contribution in [0.3, 0.4) is 0 Å². The van der Waals surface area contributed by atoms with Crippen molar-refractivity contribution in [2.45, 2.75) is 18.6 Å². The summed E-state index contributed by atoms with van der Waals surface area (Å²) < 4.78 is 0. The minimum atomic E-state index is -0.0122. The molecule has 1 amide bonds. The number of hydrogen-bond acceptors (Lipinski definition) is 4.